The Morgan fingerprint density at radius 3 is 1.86 bits per heavy atom. The van der Waals surface area contributed by atoms with Crippen LogP contribution in [-0.4, -0.2) is 190 Å². The number of methoxy groups -OCH3 is 1. The molecule has 3 aliphatic rings. The van der Waals surface area contributed by atoms with Crippen LogP contribution in [0.15, 0.2) is 91.0 Å². The van der Waals surface area contributed by atoms with Crippen molar-refractivity contribution in [1.82, 2.24) is 14.7 Å². The SMILES string of the molecule is CC[C@H]1OC(=O)[C@H](C)[C@@H](C2C[C@@](C)(OC)[C@@H](O)[C@H](C)O2)[C@H](C)[C@@H](O[C@@H]2O[C@H](C)C[C@H](N(C)C)[C@H]2O)[C@](C)(O)C[C@@H](C)CN(C(=O)CCCCN(C)CC[PH](c2ccccc2)(c2ccccc2)c2ccccc2)[C@H](C)[C@@H](O)[C@]1(C)O. The van der Waals surface area contributed by atoms with Gasteiger partial charge in [0.25, 0.3) is 0 Å². The van der Waals surface area contributed by atoms with E-state index in [1.165, 1.54) is 29.9 Å². The van der Waals surface area contributed by atoms with Gasteiger partial charge in [-0.3, -0.25) is 4.79 Å². The van der Waals surface area contributed by atoms with E-state index < -0.39 is 109 Å². The molecule has 16 heteroatoms. The summed E-state index contributed by atoms with van der Waals surface area (Å²) in [6.45, 7) is 19.4. The van der Waals surface area contributed by atoms with Gasteiger partial charge in [0.05, 0.1) is 41.5 Å². The van der Waals surface area contributed by atoms with E-state index in [2.05, 4.69) is 103 Å². The molecule has 444 valence electrons. The number of esters is 1. The zero-order valence-corrected chi connectivity index (χ0v) is 51.0. The molecule has 0 aliphatic carbocycles. The summed E-state index contributed by atoms with van der Waals surface area (Å²) in [5.74, 6) is -3.73. The standard InChI is InChI=1S/C63H100N3O12P/c1-15-52-63(10,73)56(69)45(6)66(53(67)33-25-26-34-65(13)35-36-79(47-27-19-16-20-28-47,48-29-21-17-22-30-48)49-31-23-18-24-32-49)40-41(2)38-61(8,72)58(78-60-55(68)50(64(11)12)37-42(3)75-60)43(4)54(44(5)59(71)77-52)51-39-62(9,74-14)57(70)46(7)76-51/h16-24,27-32,41-46,50-52,54-58,60,68-70,72-73,79H,15,25-26,33-40H2,1-14H3/t41-,42-,43+,44-,45-,46+,50+,51?,52-,54+,55-,56-,57+,58-,60+,61-,62-,63-/m1/s1. The summed E-state index contributed by atoms with van der Waals surface area (Å²) >= 11 is 0. The number of carbonyl (C=O) groups excluding carboxylic acids is 2. The van der Waals surface area contributed by atoms with Gasteiger partial charge in [-0.15, -0.1) is 0 Å². The molecule has 0 aromatic heterocycles. The molecule has 0 spiro atoms. The number of nitrogens with zero attached hydrogens (tertiary/aromatic N) is 3. The molecule has 0 radical (unpaired) electrons. The molecule has 3 aliphatic heterocycles. The number of aliphatic hydroxyl groups excluding tert-OH is 3. The minimum Gasteiger partial charge on any atom is -0.383 e. The number of carbonyl (C=O) groups is 2. The molecule has 1 unspecified atom stereocenters. The number of likely N-dealkylation sites (N-methyl/N-ethyl adjacent to an activating group) is 1. The van der Waals surface area contributed by atoms with E-state index in [-0.39, 0.29) is 50.3 Å². The van der Waals surface area contributed by atoms with Gasteiger partial charge in [0, 0.05) is 25.5 Å². The number of hydrogen-bond acceptors (Lipinski definition) is 14. The quantitative estimate of drug-likeness (QED) is 0.0610. The molecule has 6 rings (SSSR count). The molecule has 3 aromatic rings. The first kappa shape index (κ1) is 64.8. The molecule has 3 heterocycles. The summed E-state index contributed by atoms with van der Waals surface area (Å²) in [6.07, 6.45) is -5.46. The van der Waals surface area contributed by atoms with Crippen molar-refractivity contribution in [2.75, 3.05) is 54.0 Å². The minimum absolute atomic E-state index is 0.0879. The van der Waals surface area contributed by atoms with Crippen LogP contribution < -0.4 is 15.9 Å². The first-order valence-electron chi connectivity index (χ1n) is 29.3. The van der Waals surface area contributed by atoms with Crippen LogP contribution in [0.1, 0.15) is 114 Å². The monoisotopic (exact) mass is 1120 g/mol. The van der Waals surface area contributed by atoms with Crippen LogP contribution in [0, 0.1) is 23.7 Å². The Morgan fingerprint density at radius 1 is 0.785 bits per heavy atom. The van der Waals surface area contributed by atoms with Gasteiger partial charge in [-0.05, 0) is 67.5 Å². The second kappa shape index (κ2) is 27.8. The average Bonchev–Trinajstić information content (AvgIpc) is 3.45. The van der Waals surface area contributed by atoms with Crippen molar-refractivity contribution in [3.05, 3.63) is 91.0 Å². The number of cyclic esters (lactones) is 1. The molecule has 1 amide bonds. The summed E-state index contributed by atoms with van der Waals surface area (Å²) in [4.78, 5) is 35.6. The smallest absolute Gasteiger partial charge is 0.383 e. The Morgan fingerprint density at radius 2 is 1.34 bits per heavy atom. The maximum absolute atomic E-state index is 14.9. The summed E-state index contributed by atoms with van der Waals surface area (Å²) in [6, 6.07) is 31.4. The molecular formula is C63H100N3O12P. The number of hydrogen-bond donors (Lipinski definition) is 5. The maximum atomic E-state index is 14.9. The topological polar surface area (TPSA) is 191 Å². The molecule has 0 bridgehead atoms. The second-order valence-corrected chi connectivity index (χ2v) is 28.9. The van der Waals surface area contributed by atoms with Gasteiger partial charge in [-0.1, -0.05) is 20.8 Å². The van der Waals surface area contributed by atoms with E-state index in [0.717, 1.165) is 25.7 Å². The zero-order valence-electron chi connectivity index (χ0n) is 50.0. The Bertz CT molecular complexity index is 2250. The molecule has 5 N–H and O–H groups in total. The molecule has 79 heavy (non-hydrogen) atoms. The van der Waals surface area contributed by atoms with Crippen molar-refractivity contribution in [3.63, 3.8) is 0 Å². The van der Waals surface area contributed by atoms with Gasteiger partial charge in [-0.2, -0.15) is 0 Å². The number of unbranched alkanes of at least 4 members (excludes halogenated alkanes) is 1. The fourth-order valence-corrected chi connectivity index (χ4v) is 18.6. The molecule has 3 saturated heterocycles. The molecular weight excluding hydrogens is 1020 g/mol. The predicted molar refractivity (Wildman–Crippen MR) is 315 cm³/mol. The number of amides is 1. The van der Waals surface area contributed by atoms with Gasteiger partial charge in [-0.25, -0.2) is 0 Å². The molecule has 18 atom stereocenters. The fourth-order valence-electron chi connectivity index (χ4n) is 13.8. The molecule has 3 fully saturated rings. The third kappa shape index (κ3) is 14.9. The predicted octanol–water partition coefficient (Wildman–Crippen LogP) is 5.90. The van der Waals surface area contributed by atoms with Crippen molar-refractivity contribution >= 4 is 35.1 Å². The number of benzene rings is 3. The Hall–Kier alpha value is -3.41. The van der Waals surface area contributed by atoms with Crippen LogP contribution >= 0.6 is 7.26 Å². The molecule has 0 saturated carbocycles. The van der Waals surface area contributed by atoms with E-state index in [9.17, 15) is 35.1 Å². The van der Waals surface area contributed by atoms with E-state index in [4.69, 9.17) is 23.7 Å². The van der Waals surface area contributed by atoms with Crippen molar-refractivity contribution in [2.24, 2.45) is 23.7 Å². The minimum atomic E-state index is -2.46. The Labute approximate surface area is 473 Å². The Balaban J connectivity index is 1.29. The van der Waals surface area contributed by atoms with Crippen LogP contribution in [0.5, 0.6) is 0 Å². The van der Waals surface area contributed by atoms with Crippen molar-refractivity contribution in [2.45, 2.75) is 198 Å². The number of ether oxygens (including phenoxy) is 5. The summed E-state index contributed by atoms with van der Waals surface area (Å²) in [7, 11) is 5.00. The first-order chi connectivity index (χ1) is 37.2. The van der Waals surface area contributed by atoms with Crippen LogP contribution in [0.4, 0.5) is 0 Å². The molecule has 3 aromatic carbocycles. The first-order valence-corrected chi connectivity index (χ1v) is 31.5. The van der Waals surface area contributed by atoms with Gasteiger partial charge >= 0.3 is 242 Å². The summed E-state index contributed by atoms with van der Waals surface area (Å²) < 4.78 is 32.2. The number of rotatable bonds is 17. The van der Waals surface area contributed by atoms with Crippen LogP contribution in [-0.2, 0) is 33.3 Å². The zero-order chi connectivity index (χ0) is 58.2. The van der Waals surface area contributed by atoms with E-state index >= 15 is 0 Å². The van der Waals surface area contributed by atoms with Crippen molar-refractivity contribution < 1.29 is 58.8 Å². The van der Waals surface area contributed by atoms with Gasteiger partial charge in [0.1, 0.15) is 18.3 Å². The van der Waals surface area contributed by atoms with Crippen LogP contribution in [0.3, 0.4) is 0 Å². The molecule has 15 nitrogen and oxygen atoms in total. The van der Waals surface area contributed by atoms with E-state index in [1.54, 1.807) is 46.4 Å². The third-order valence-corrected chi connectivity index (χ3v) is 23.4. The van der Waals surface area contributed by atoms with E-state index in [0.29, 0.717) is 12.8 Å². The van der Waals surface area contributed by atoms with E-state index in [1.807, 2.05) is 39.8 Å². The van der Waals surface area contributed by atoms with Gasteiger partial charge in [0.15, 0.2) is 6.29 Å². The van der Waals surface area contributed by atoms with Crippen molar-refractivity contribution in [1.29, 1.82) is 0 Å². The fraction of sp³-hybridized carbons (Fsp3) is 0.683. The summed E-state index contributed by atoms with van der Waals surface area (Å²) in [5.41, 5.74) is -4.77. The normalized spacial score (nSPS) is 36.8. The van der Waals surface area contributed by atoms with Gasteiger partial charge in [0.2, 0.25) is 0 Å². The third-order valence-electron chi connectivity index (χ3n) is 18.4. The van der Waals surface area contributed by atoms with Crippen LogP contribution in [0.2, 0.25) is 0 Å². The Kier molecular flexibility index (Phi) is 22.8. The second-order valence-electron chi connectivity index (χ2n) is 24.9. The summed E-state index contributed by atoms with van der Waals surface area (Å²) in [5, 5.41) is 65.2. The van der Waals surface area contributed by atoms with Gasteiger partial charge < -0.3 is 49.0 Å². The van der Waals surface area contributed by atoms with Crippen molar-refractivity contribution in [3.8, 4) is 0 Å². The number of aliphatic hydroxyl groups is 5. The average molecular weight is 1120 g/mol. The van der Waals surface area contributed by atoms with Crippen LogP contribution in [0.25, 0.3) is 0 Å².